The van der Waals surface area contributed by atoms with Gasteiger partial charge >= 0.3 is 0 Å². The van der Waals surface area contributed by atoms with E-state index in [9.17, 15) is 0 Å². The Hall–Kier alpha value is -0.120. The minimum absolute atomic E-state index is 0.549. The molecule has 0 amide bonds. The molecule has 1 fully saturated rings. The van der Waals surface area contributed by atoms with E-state index in [1.54, 1.807) is 0 Å². The van der Waals surface area contributed by atoms with Gasteiger partial charge in [-0.25, -0.2) is 0 Å². The van der Waals surface area contributed by atoms with Crippen molar-refractivity contribution in [2.75, 3.05) is 26.4 Å². The molecule has 0 radical (unpaired) electrons. The van der Waals surface area contributed by atoms with E-state index in [4.69, 9.17) is 15.2 Å². The molecular weight excluding hydrogens is 142 g/mol. The molecule has 3 heteroatoms. The zero-order chi connectivity index (χ0) is 7.94. The summed E-state index contributed by atoms with van der Waals surface area (Å²) in [6.07, 6.45) is 3.80. The van der Waals surface area contributed by atoms with Gasteiger partial charge in [0.05, 0.1) is 12.7 Å². The molecule has 0 aromatic heterocycles. The van der Waals surface area contributed by atoms with E-state index in [2.05, 4.69) is 0 Å². The second-order valence-corrected chi connectivity index (χ2v) is 2.85. The first kappa shape index (κ1) is 8.97. The van der Waals surface area contributed by atoms with Crippen molar-refractivity contribution >= 4 is 0 Å². The third-order valence-corrected chi connectivity index (χ3v) is 1.71. The van der Waals surface area contributed by atoms with Crippen molar-refractivity contribution in [1.82, 2.24) is 0 Å². The molecule has 0 spiro atoms. The third-order valence-electron chi connectivity index (χ3n) is 1.71. The van der Waals surface area contributed by atoms with Gasteiger partial charge in [-0.05, 0) is 25.8 Å². The maximum absolute atomic E-state index is 5.32. The van der Waals surface area contributed by atoms with Gasteiger partial charge in [-0.1, -0.05) is 0 Å². The summed E-state index contributed by atoms with van der Waals surface area (Å²) in [6.45, 7) is 3.36. The van der Waals surface area contributed by atoms with Gasteiger partial charge in [-0.2, -0.15) is 0 Å². The molecule has 1 saturated heterocycles. The molecule has 1 aliphatic heterocycles. The number of rotatable bonds is 7. The first-order chi connectivity index (χ1) is 5.43. The van der Waals surface area contributed by atoms with Gasteiger partial charge in [0.1, 0.15) is 0 Å². The minimum atomic E-state index is 0.549. The highest BCUT2D eigenvalue weighted by molar-refractivity contribution is 4.67. The molecule has 66 valence electrons. The molecule has 1 atom stereocenters. The van der Waals surface area contributed by atoms with Gasteiger partial charge in [0.15, 0.2) is 0 Å². The Morgan fingerprint density at radius 1 is 1.36 bits per heavy atom. The second-order valence-electron chi connectivity index (χ2n) is 2.85. The monoisotopic (exact) mass is 159 g/mol. The molecular formula is C8H17NO2. The van der Waals surface area contributed by atoms with Crippen molar-refractivity contribution in [3.8, 4) is 0 Å². The van der Waals surface area contributed by atoms with Crippen molar-refractivity contribution in [3.05, 3.63) is 0 Å². The standard InChI is InChI=1S/C8H17NO2/c9-4-2-6-10-5-1-3-8-7-11-8/h8H,1-7,9H2. The van der Waals surface area contributed by atoms with Gasteiger partial charge in [0, 0.05) is 13.2 Å². The van der Waals surface area contributed by atoms with Crippen LogP contribution in [0.4, 0.5) is 0 Å². The fourth-order valence-electron chi connectivity index (χ4n) is 0.935. The smallest absolute Gasteiger partial charge is 0.0810 e. The molecule has 0 bridgehead atoms. The van der Waals surface area contributed by atoms with Gasteiger partial charge in [-0.15, -0.1) is 0 Å². The van der Waals surface area contributed by atoms with Crippen LogP contribution in [-0.2, 0) is 9.47 Å². The summed E-state index contributed by atoms with van der Waals surface area (Å²) >= 11 is 0. The lowest BCUT2D eigenvalue weighted by Crippen LogP contribution is -2.05. The number of epoxide rings is 1. The van der Waals surface area contributed by atoms with Crippen molar-refractivity contribution in [2.24, 2.45) is 5.73 Å². The van der Waals surface area contributed by atoms with Gasteiger partial charge in [0.25, 0.3) is 0 Å². The first-order valence-electron chi connectivity index (χ1n) is 4.33. The summed E-state index contributed by atoms with van der Waals surface area (Å²) in [5, 5.41) is 0. The number of ether oxygens (including phenoxy) is 2. The van der Waals surface area contributed by atoms with Crippen LogP contribution in [0, 0.1) is 0 Å². The van der Waals surface area contributed by atoms with E-state index >= 15 is 0 Å². The highest BCUT2D eigenvalue weighted by Crippen LogP contribution is 2.14. The molecule has 3 nitrogen and oxygen atoms in total. The molecule has 1 unspecified atom stereocenters. The summed E-state index contributed by atoms with van der Waals surface area (Å²) in [4.78, 5) is 0. The summed E-state index contributed by atoms with van der Waals surface area (Å²) < 4.78 is 10.4. The zero-order valence-electron chi connectivity index (χ0n) is 6.92. The van der Waals surface area contributed by atoms with Crippen molar-refractivity contribution in [1.29, 1.82) is 0 Å². The van der Waals surface area contributed by atoms with E-state index in [-0.39, 0.29) is 0 Å². The summed E-state index contributed by atoms with van der Waals surface area (Å²) in [7, 11) is 0. The van der Waals surface area contributed by atoms with Crippen LogP contribution in [0.15, 0.2) is 0 Å². The van der Waals surface area contributed by atoms with Gasteiger partial charge in [-0.3, -0.25) is 0 Å². The van der Waals surface area contributed by atoms with Crippen LogP contribution in [0.3, 0.4) is 0 Å². The second kappa shape index (κ2) is 5.52. The van der Waals surface area contributed by atoms with Crippen molar-refractivity contribution in [3.63, 3.8) is 0 Å². The topological polar surface area (TPSA) is 47.8 Å². The average Bonchev–Trinajstić information content (AvgIpc) is 2.80. The number of nitrogens with two attached hydrogens (primary N) is 1. The van der Waals surface area contributed by atoms with Crippen LogP contribution in [0.25, 0.3) is 0 Å². The Bertz CT molecular complexity index is 94.1. The third kappa shape index (κ3) is 5.18. The molecule has 2 N–H and O–H groups in total. The van der Waals surface area contributed by atoms with Crippen molar-refractivity contribution < 1.29 is 9.47 Å². The van der Waals surface area contributed by atoms with E-state index < -0.39 is 0 Å². The Kier molecular flexibility index (Phi) is 4.50. The lowest BCUT2D eigenvalue weighted by molar-refractivity contribution is 0.127. The first-order valence-corrected chi connectivity index (χ1v) is 4.33. The fourth-order valence-corrected chi connectivity index (χ4v) is 0.935. The van der Waals surface area contributed by atoms with E-state index in [0.29, 0.717) is 6.10 Å². The predicted octanol–water partition coefficient (Wildman–Crippen LogP) is 0.531. The van der Waals surface area contributed by atoms with Crippen LogP contribution in [0.2, 0.25) is 0 Å². The van der Waals surface area contributed by atoms with E-state index in [0.717, 1.165) is 45.6 Å². The van der Waals surface area contributed by atoms with Crippen LogP contribution >= 0.6 is 0 Å². The van der Waals surface area contributed by atoms with Crippen LogP contribution in [0.5, 0.6) is 0 Å². The fraction of sp³-hybridized carbons (Fsp3) is 1.00. The summed E-state index contributed by atoms with van der Waals surface area (Å²) in [5.41, 5.74) is 5.30. The lowest BCUT2D eigenvalue weighted by atomic mass is 10.3. The summed E-state index contributed by atoms with van der Waals surface area (Å²) in [5.74, 6) is 0. The maximum atomic E-state index is 5.32. The average molecular weight is 159 g/mol. The van der Waals surface area contributed by atoms with Gasteiger partial charge < -0.3 is 15.2 Å². The lowest BCUT2D eigenvalue weighted by Gasteiger charge is -2.00. The van der Waals surface area contributed by atoms with Gasteiger partial charge in [0.2, 0.25) is 0 Å². The summed E-state index contributed by atoms with van der Waals surface area (Å²) in [6, 6.07) is 0. The predicted molar refractivity (Wildman–Crippen MR) is 43.5 cm³/mol. The molecule has 1 heterocycles. The quantitative estimate of drug-likeness (QED) is 0.435. The Labute approximate surface area is 67.9 Å². The molecule has 0 aliphatic carbocycles. The number of hydrogen-bond donors (Lipinski definition) is 1. The largest absolute Gasteiger partial charge is 0.381 e. The highest BCUT2D eigenvalue weighted by Gasteiger charge is 2.20. The molecule has 1 aliphatic rings. The molecule has 0 aromatic rings. The highest BCUT2D eigenvalue weighted by atomic mass is 16.6. The molecule has 0 aromatic carbocycles. The SMILES string of the molecule is NCCCOCCCC1CO1. The molecule has 0 saturated carbocycles. The minimum Gasteiger partial charge on any atom is -0.381 e. The molecule has 1 rings (SSSR count). The number of hydrogen-bond acceptors (Lipinski definition) is 3. The van der Waals surface area contributed by atoms with E-state index in [1.807, 2.05) is 0 Å². The van der Waals surface area contributed by atoms with Crippen LogP contribution in [0.1, 0.15) is 19.3 Å². The van der Waals surface area contributed by atoms with Crippen molar-refractivity contribution in [2.45, 2.75) is 25.4 Å². The normalized spacial score (nSPS) is 22.1. The van der Waals surface area contributed by atoms with Crippen LogP contribution < -0.4 is 5.73 Å². The zero-order valence-corrected chi connectivity index (χ0v) is 6.92. The molecule has 11 heavy (non-hydrogen) atoms. The Morgan fingerprint density at radius 3 is 2.73 bits per heavy atom. The van der Waals surface area contributed by atoms with Crippen LogP contribution in [-0.4, -0.2) is 32.5 Å². The maximum Gasteiger partial charge on any atom is 0.0810 e. The Balaban J connectivity index is 1.66. The Morgan fingerprint density at radius 2 is 2.09 bits per heavy atom. The van der Waals surface area contributed by atoms with E-state index in [1.165, 1.54) is 0 Å².